The third-order valence-corrected chi connectivity index (χ3v) is 12.5. The van der Waals surface area contributed by atoms with Crippen LogP contribution in [-0.4, -0.2) is 24.1 Å². The van der Waals surface area contributed by atoms with Crippen LogP contribution in [0.3, 0.4) is 0 Å². The maximum absolute atomic E-state index is 2.73. The van der Waals surface area contributed by atoms with Crippen LogP contribution in [-0.2, 0) is 0 Å². The highest BCUT2D eigenvalue weighted by Gasteiger charge is 2.58. The summed E-state index contributed by atoms with van der Waals surface area (Å²) in [6.07, 6.45) is 15.3. The molecule has 2 aliphatic rings. The van der Waals surface area contributed by atoms with E-state index in [9.17, 15) is 0 Å². The molecule has 0 spiro atoms. The van der Waals surface area contributed by atoms with Gasteiger partial charge in [0.2, 0.25) is 0 Å². The van der Waals surface area contributed by atoms with Crippen molar-refractivity contribution in [3.8, 4) is 0 Å². The Morgan fingerprint density at radius 1 is 0.944 bits per heavy atom. The highest BCUT2D eigenvalue weighted by atomic mass is 31.2. The molecule has 0 aromatic heterocycles. The minimum Gasteiger partial charge on any atom is -0.0621 e. The standard InChI is InChI=1S/C17H34P/c1-5-18(4,6-2)17(13-8-7-9-14-17)16-12-10-11-15(16)3/h15-16H,5-14H2,1-4H3/q+1. The first-order valence-corrected chi connectivity index (χ1v) is 11.0. The third-order valence-electron chi connectivity index (χ3n) is 6.74. The van der Waals surface area contributed by atoms with E-state index in [-0.39, 0.29) is 0 Å². The minimum absolute atomic E-state index is 0.724. The van der Waals surface area contributed by atoms with E-state index in [4.69, 9.17) is 0 Å². The van der Waals surface area contributed by atoms with Crippen LogP contribution in [0.5, 0.6) is 0 Å². The smallest absolute Gasteiger partial charge is 0.0621 e. The minimum atomic E-state index is -0.724. The Kier molecular flexibility index (Phi) is 4.80. The fourth-order valence-electron chi connectivity index (χ4n) is 5.27. The van der Waals surface area contributed by atoms with Gasteiger partial charge in [0.05, 0.1) is 17.5 Å². The molecule has 2 rings (SSSR count). The molecule has 0 amide bonds. The molecular formula is C17H34P+. The average Bonchev–Trinajstić information content (AvgIpc) is 2.85. The zero-order valence-electron chi connectivity index (χ0n) is 13.2. The Hall–Kier alpha value is 0.430. The van der Waals surface area contributed by atoms with Gasteiger partial charge >= 0.3 is 0 Å². The monoisotopic (exact) mass is 269 g/mol. The largest absolute Gasteiger partial charge is 0.0827 e. The lowest BCUT2D eigenvalue weighted by atomic mass is 9.75. The van der Waals surface area contributed by atoms with Crippen molar-refractivity contribution in [2.45, 2.75) is 77.3 Å². The van der Waals surface area contributed by atoms with Crippen LogP contribution in [0.1, 0.15) is 72.1 Å². The Bertz CT molecular complexity index is 261. The highest BCUT2D eigenvalue weighted by molar-refractivity contribution is 7.76. The van der Waals surface area contributed by atoms with Crippen molar-refractivity contribution in [2.75, 3.05) is 19.0 Å². The number of hydrogen-bond donors (Lipinski definition) is 0. The molecule has 2 saturated carbocycles. The molecule has 0 N–H and O–H groups in total. The predicted molar refractivity (Wildman–Crippen MR) is 86.2 cm³/mol. The third kappa shape index (κ3) is 2.28. The van der Waals surface area contributed by atoms with Crippen molar-refractivity contribution in [1.82, 2.24) is 0 Å². The van der Waals surface area contributed by atoms with Gasteiger partial charge in [0.1, 0.15) is 0 Å². The predicted octanol–water partition coefficient (Wildman–Crippen LogP) is 5.81. The molecule has 1 heteroatoms. The fourth-order valence-corrected chi connectivity index (χ4v) is 9.56. The van der Waals surface area contributed by atoms with Gasteiger partial charge in [-0.15, -0.1) is 0 Å². The van der Waals surface area contributed by atoms with Crippen LogP contribution in [0.4, 0.5) is 0 Å². The molecule has 106 valence electrons. The zero-order valence-corrected chi connectivity index (χ0v) is 14.1. The Morgan fingerprint density at radius 2 is 1.56 bits per heavy atom. The van der Waals surface area contributed by atoms with Gasteiger partial charge in [-0.25, -0.2) is 0 Å². The fraction of sp³-hybridized carbons (Fsp3) is 1.00. The Balaban J connectivity index is 2.33. The molecule has 18 heavy (non-hydrogen) atoms. The second-order valence-electron chi connectivity index (χ2n) is 7.21. The van der Waals surface area contributed by atoms with Crippen LogP contribution < -0.4 is 0 Å². The van der Waals surface area contributed by atoms with Crippen molar-refractivity contribution in [1.29, 1.82) is 0 Å². The Morgan fingerprint density at radius 3 is 2.00 bits per heavy atom. The van der Waals surface area contributed by atoms with Crippen LogP contribution in [0.25, 0.3) is 0 Å². The molecule has 0 nitrogen and oxygen atoms in total. The van der Waals surface area contributed by atoms with Gasteiger partial charge in [-0.1, -0.05) is 26.2 Å². The molecule has 0 aromatic rings. The van der Waals surface area contributed by atoms with Gasteiger partial charge < -0.3 is 0 Å². The molecule has 0 saturated heterocycles. The lowest BCUT2D eigenvalue weighted by Crippen LogP contribution is -2.44. The van der Waals surface area contributed by atoms with Gasteiger partial charge in [-0.3, -0.25) is 0 Å². The van der Waals surface area contributed by atoms with Gasteiger partial charge in [-0.05, 0) is 51.9 Å². The van der Waals surface area contributed by atoms with Crippen molar-refractivity contribution in [2.24, 2.45) is 11.8 Å². The highest BCUT2D eigenvalue weighted by Crippen LogP contribution is 2.74. The Labute approximate surface area is 116 Å². The first-order valence-electron chi connectivity index (χ1n) is 8.44. The van der Waals surface area contributed by atoms with Crippen molar-refractivity contribution < 1.29 is 0 Å². The summed E-state index contributed by atoms with van der Waals surface area (Å²) in [4.78, 5) is 0. The summed E-state index contributed by atoms with van der Waals surface area (Å²) in [5.74, 6) is 2.09. The van der Waals surface area contributed by atoms with Gasteiger partial charge in [0.15, 0.2) is 0 Å². The van der Waals surface area contributed by atoms with E-state index in [1.54, 1.807) is 19.3 Å². The van der Waals surface area contributed by atoms with Crippen LogP contribution >= 0.6 is 7.26 Å². The summed E-state index contributed by atoms with van der Waals surface area (Å²) < 4.78 is 0. The van der Waals surface area contributed by atoms with E-state index in [0.717, 1.165) is 17.0 Å². The van der Waals surface area contributed by atoms with Crippen LogP contribution in [0.15, 0.2) is 0 Å². The summed E-state index contributed by atoms with van der Waals surface area (Å²) in [5, 5.41) is 0.796. The normalized spacial score (nSPS) is 32.7. The van der Waals surface area contributed by atoms with Gasteiger partial charge in [-0.2, -0.15) is 0 Å². The summed E-state index contributed by atoms with van der Waals surface area (Å²) in [6, 6.07) is 0. The van der Waals surface area contributed by atoms with E-state index < -0.39 is 7.26 Å². The summed E-state index contributed by atoms with van der Waals surface area (Å²) >= 11 is 0. The summed E-state index contributed by atoms with van der Waals surface area (Å²) in [5.41, 5.74) is 0. The molecule has 2 fully saturated rings. The van der Waals surface area contributed by atoms with E-state index >= 15 is 0 Å². The second-order valence-corrected chi connectivity index (χ2v) is 12.2. The van der Waals surface area contributed by atoms with Gasteiger partial charge in [0, 0.05) is 19.8 Å². The average molecular weight is 269 g/mol. The molecule has 0 bridgehead atoms. The summed E-state index contributed by atoms with van der Waals surface area (Å²) in [7, 11) is -0.724. The molecule has 0 radical (unpaired) electrons. The first-order chi connectivity index (χ1) is 8.59. The SMILES string of the molecule is CC[P+](C)(CC)C1(C2CCCC2C)CCCCC1. The van der Waals surface area contributed by atoms with Crippen molar-refractivity contribution in [3.63, 3.8) is 0 Å². The van der Waals surface area contributed by atoms with E-state index in [2.05, 4.69) is 27.4 Å². The number of hydrogen-bond acceptors (Lipinski definition) is 0. The molecule has 2 atom stereocenters. The van der Waals surface area contributed by atoms with Crippen LogP contribution in [0.2, 0.25) is 0 Å². The zero-order chi connectivity index (χ0) is 13.2. The van der Waals surface area contributed by atoms with Crippen molar-refractivity contribution >= 4 is 7.26 Å². The second kappa shape index (κ2) is 5.82. The molecule has 2 aliphatic carbocycles. The molecular weight excluding hydrogens is 235 g/mol. The quantitative estimate of drug-likeness (QED) is 0.565. The number of rotatable bonds is 4. The van der Waals surface area contributed by atoms with Crippen LogP contribution in [0, 0.1) is 11.8 Å². The molecule has 0 aliphatic heterocycles. The maximum atomic E-state index is 2.73. The van der Waals surface area contributed by atoms with E-state index in [1.165, 1.54) is 44.4 Å². The van der Waals surface area contributed by atoms with E-state index in [0.29, 0.717) is 0 Å². The lowest BCUT2D eigenvalue weighted by Gasteiger charge is -2.50. The van der Waals surface area contributed by atoms with Crippen molar-refractivity contribution in [3.05, 3.63) is 0 Å². The molecule has 0 heterocycles. The summed E-state index contributed by atoms with van der Waals surface area (Å²) in [6.45, 7) is 10.3. The lowest BCUT2D eigenvalue weighted by molar-refractivity contribution is 0.237. The first kappa shape index (κ1) is 14.8. The van der Waals surface area contributed by atoms with Gasteiger partial charge in [0.25, 0.3) is 0 Å². The molecule has 2 unspecified atom stereocenters. The maximum Gasteiger partial charge on any atom is 0.0827 e. The molecule has 0 aromatic carbocycles. The topological polar surface area (TPSA) is 0 Å². The van der Waals surface area contributed by atoms with E-state index in [1.807, 2.05) is 0 Å².